The fourth-order valence-electron chi connectivity index (χ4n) is 4.04. The van der Waals surface area contributed by atoms with Crippen LogP contribution in [0.2, 0.25) is 0 Å². The molecule has 12 heteroatoms. The maximum atomic E-state index is 14.7. The number of nitrogens with zero attached hydrogens (tertiary/aromatic N) is 1. The summed E-state index contributed by atoms with van der Waals surface area (Å²) in [6, 6.07) is 5.91. The Morgan fingerprint density at radius 3 is 2.33 bits per heavy atom. The second-order valence-electron chi connectivity index (χ2n) is 8.87. The fraction of sp³-hybridized carbons (Fsp3) is 0.458. The number of benzene rings is 2. The van der Waals surface area contributed by atoms with E-state index in [2.05, 4.69) is 0 Å². The number of amides is 1. The van der Waals surface area contributed by atoms with Crippen LogP contribution in [0.4, 0.5) is 17.6 Å². The number of ether oxygens (including phenoxy) is 3. The molecule has 196 valence electrons. The minimum absolute atomic E-state index is 0.0139. The maximum Gasteiger partial charge on any atom is 0.425 e. The van der Waals surface area contributed by atoms with Gasteiger partial charge in [-0.15, -0.1) is 0 Å². The van der Waals surface area contributed by atoms with Crippen LogP contribution in [-0.4, -0.2) is 57.1 Å². The molecule has 2 aromatic carbocycles. The van der Waals surface area contributed by atoms with Crippen LogP contribution < -0.4 is 9.47 Å². The van der Waals surface area contributed by atoms with Crippen molar-refractivity contribution in [2.75, 3.05) is 19.5 Å². The molecule has 0 spiro atoms. The molecule has 1 amide bonds. The highest BCUT2D eigenvalue weighted by Crippen LogP contribution is 2.34. The Bertz CT molecular complexity index is 1260. The van der Waals surface area contributed by atoms with E-state index < -0.39 is 39.6 Å². The van der Waals surface area contributed by atoms with Crippen LogP contribution in [-0.2, 0) is 27.7 Å². The van der Waals surface area contributed by atoms with E-state index in [4.69, 9.17) is 14.2 Å². The van der Waals surface area contributed by atoms with Crippen LogP contribution in [0, 0.1) is 5.82 Å². The summed E-state index contributed by atoms with van der Waals surface area (Å²) >= 11 is 0. The normalized spacial score (nSPS) is 17.6. The topological polar surface area (TPSA) is 82.1 Å². The van der Waals surface area contributed by atoms with Gasteiger partial charge in [0.1, 0.15) is 11.9 Å². The molecule has 0 aliphatic carbocycles. The minimum atomic E-state index is -4.70. The fourth-order valence-corrected chi connectivity index (χ4v) is 4.69. The van der Waals surface area contributed by atoms with Gasteiger partial charge in [0, 0.05) is 32.2 Å². The average Bonchev–Trinajstić information content (AvgIpc) is 3.21. The number of alkyl halides is 3. The van der Waals surface area contributed by atoms with E-state index in [1.54, 1.807) is 0 Å². The molecule has 4 rings (SSSR count). The Balaban J connectivity index is 1.60. The van der Waals surface area contributed by atoms with Crippen LogP contribution in [0.1, 0.15) is 41.3 Å². The third kappa shape index (κ3) is 5.75. The number of rotatable bonds is 6. The van der Waals surface area contributed by atoms with Crippen molar-refractivity contribution in [3.8, 4) is 11.5 Å². The lowest BCUT2D eigenvalue weighted by molar-refractivity contribution is -0.189. The van der Waals surface area contributed by atoms with Crippen molar-refractivity contribution in [3.63, 3.8) is 0 Å². The number of carbonyl (C=O) groups is 1. The number of sulfone groups is 1. The highest BCUT2D eigenvalue weighted by molar-refractivity contribution is 7.90. The van der Waals surface area contributed by atoms with E-state index in [1.165, 1.54) is 17.0 Å². The minimum Gasteiger partial charge on any atom is -0.487 e. The molecule has 1 fully saturated rings. The van der Waals surface area contributed by atoms with Crippen molar-refractivity contribution >= 4 is 15.7 Å². The molecule has 2 aliphatic heterocycles. The molecule has 0 radical (unpaired) electrons. The highest BCUT2D eigenvalue weighted by Gasteiger charge is 2.39. The first kappa shape index (κ1) is 26.2. The summed E-state index contributed by atoms with van der Waals surface area (Å²) in [7, 11) is -3.76. The van der Waals surface area contributed by atoms with Crippen LogP contribution in [0.5, 0.6) is 11.5 Å². The quantitative estimate of drug-likeness (QED) is 0.518. The van der Waals surface area contributed by atoms with Crippen molar-refractivity contribution in [2.24, 2.45) is 0 Å². The Kier molecular flexibility index (Phi) is 7.20. The second kappa shape index (κ2) is 9.89. The van der Waals surface area contributed by atoms with Crippen LogP contribution in [0.15, 0.2) is 35.2 Å². The number of halogens is 4. The highest BCUT2D eigenvalue weighted by atomic mass is 32.2. The Morgan fingerprint density at radius 1 is 1.08 bits per heavy atom. The van der Waals surface area contributed by atoms with Crippen molar-refractivity contribution in [1.29, 1.82) is 0 Å². The Hall–Kier alpha value is -2.86. The molecule has 0 saturated carbocycles. The Morgan fingerprint density at radius 2 is 1.72 bits per heavy atom. The molecule has 0 aromatic heterocycles. The zero-order chi connectivity index (χ0) is 26.3. The van der Waals surface area contributed by atoms with E-state index in [0.29, 0.717) is 37.2 Å². The zero-order valence-electron chi connectivity index (χ0n) is 19.6. The first-order valence-electron chi connectivity index (χ1n) is 11.3. The van der Waals surface area contributed by atoms with Crippen molar-refractivity contribution in [1.82, 2.24) is 4.90 Å². The molecular formula is C24H25F4NO6S. The van der Waals surface area contributed by atoms with Gasteiger partial charge < -0.3 is 19.1 Å². The van der Waals surface area contributed by atoms with E-state index in [9.17, 15) is 30.8 Å². The molecule has 2 heterocycles. The summed E-state index contributed by atoms with van der Waals surface area (Å²) in [5.41, 5.74) is 0.809. The summed E-state index contributed by atoms with van der Waals surface area (Å²) in [6.45, 7) is 1.84. The van der Waals surface area contributed by atoms with Crippen molar-refractivity contribution in [3.05, 3.63) is 52.8 Å². The molecule has 0 unspecified atom stereocenters. The van der Waals surface area contributed by atoms with Crippen LogP contribution >= 0.6 is 0 Å². The average molecular weight is 532 g/mol. The zero-order valence-corrected chi connectivity index (χ0v) is 20.4. The Labute approximate surface area is 205 Å². The summed E-state index contributed by atoms with van der Waals surface area (Å²) < 4.78 is 94.1. The predicted octanol–water partition coefficient (Wildman–Crippen LogP) is 4.27. The molecule has 2 aromatic rings. The summed E-state index contributed by atoms with van der Waals surface area (Å²) in [5.74, 6) is -1.68. The van der Waals surface area contributed by atoms with Gasteiger partial charge in [-0.25, -0.2) is 12.8 Å². The summed E-state index contributed by atoms with van der Waals surface area (Å²) in [6.07, 6.45) is -4.96. The standard InChI is InChI=1S/C24H25F4NO6S/c1-14(24(26,27)28)34-21-4-3-18(36(2,31)32)11-19(21)23(30)29-12-15-9-20(25)22(10-16(15)13-29)35-17-5-7-33-8-6-17/h3-4,9-11,14,17H,5-8,12-13H2,1-2H3/t14-/m0/s1. The molecule has 0 bridgehead atoms. The van der Waals surface area contributed by atoms with Gasteiger partial charge in [0.15, 0.2) is 27.5 Å². The van der Waals surface area contributed by atoms with E-state index in [-0.39, 0.29) is 35.4 Å². The first-order valence-corrected chi connectivity index (χ1v) is 13.1. The van der Waals surface area contributed by atoms with Gasteiger partial charge in [0.05, 0.1) is 23.7 Å². The van der Waals surface area contributed by atoms with Crippen LogP contribution in [0.25, 0.3) is 0 Å². The molecule has 36 heavy (non-hydrogen) atoms. The molecule has 1 atom stereocenters. The lowest BCUT2D eigenvalue weighted by Gasteiger charge is -2.23. The lowest BCUT2D eigenvalue weighted by Crippen LogP contribution is -2.32. The third-order valence-corrected chi connectivity index (χ3v) is 7.21. The maximum absolute atomic E-state index is 14.7. The largest absolute Gasteiger partial charge is 0.487 e. The molecule has 7 nitrogen and oxygen atoms in total. The molecule has 0 N–H and O–H groups in total. The monoisotopic (exact) mass is 531 g/mol. The number of fused-ring (bicyclic) bond motifs is 1. The van der Waals surface area contributed by atoms with E-state index in [1.807, 2.05) is 0 Å². The summed E-state index contributed by atoms with van der Waals surface area (Å²) in [4.78, 5) is 14.4. The van der Waals surface area contributed by atoms with Crippen molar-refractivity contribution in [2.45, 2.75) is 56.1 Å². The lowest BCUT2D eigenvalue weighted by atomic mass is 10.1. The SMILES string of the molecule is C[C@H](Oc1ccc(S(C)(=O)=O)cc1C(=O)N1Cc2cc(F)c(OC3CCOCC3)cc2C1)C(F)(F)F. The predicted molar refractivity (Wildman–Crippen MR) is 120 cm³/mol. The van der Waals surface area contributed by atoms with Gasteiger partial charge in [-0.2, -0.15) is 13.2 Å². The number of hydrogen-bond acceptors (Lipinski definition) is 6. The summed E-state index contributed by atoms with van der Waals surface area (Å²) in [5, 5.41) is 0. The van der Waals surface area contributed by atoms with Gasteiger partial charge in [0.2, 0.25) is 0 Å². The van der Waals surface area contributed by atoms with Crippen LogP contribution in [0.3, 0.4) is 0 Å². The van der Waals surface area contributed by atoms with Gasteiger partial charge in [-0.1, -0.05) is 0 Å². The van der Waals surface area contributed by atoms with Gasteiger partial charge >= 0.3 is 6.18 Å². The van der Waals surface area contributed by atoms with Crippen molar-refractivity contribution < 1.29 is 45.0 Å². The van der Waals surface area contributed by atoms with Gasteiger partial charge in [-0.05, 0) is 48.4 Å². The smallest absolute Gasteiger partial charge is 0.425 e. The van der Waals surface area contributed by atoms with Gasteiger partial charge in [-0.3, -0.25) is 4.79 Å². The number of hydrogen-bond donors (Lipinski definition) is 0. The van der Waals surface area contributed by atoms with Gasteiger partial charge in [0.25, 0.3) is 5.91 Å². The van der Waals surface area contributed by atoms with E-state index >= 15 is 0 Å². The molecule has 2 aliphatic rings. The molecule has 1 saturated heterocycles. The first-order chi connectivity index (χ1) is 16.8. The number of carbonyl (C=O) groups excluding carboxylic acids is 1. The molecular weight excluding hydrogens is 506 g/mol. The second-order valence-corrected chi connectivity index (χ2v) is 10.9. The third-order valence-electron chi connectivity index (χ3n) is 6.10. The van der Waals surface area contributed by atoms with E-state index in [0.717, 1.165) is 31.4 Å².